The molecular weight excluding hydrogens is 662 g/mol. The Hall–Kier alpha value is -1.37. The summed E-state index contributed by atoms with van der Waals surface area (Å²) in [6, 6.07) is -0.991. The van der Waals surface area contributed by atoms with E-state index in [-0.39, 0.29) is 6.61 Å². The second-order valence-electron chi connectivity index (χ2n) is 14.9. The Morgan fingerprint density at radius 3 is 1.67 bits per heavy atom. The number of aliphatic hydroxyl groups is 6. The topological polar surface area (TPSA) is 169 Å². The lowest BCUT2D eigenvalue weighted by Gasteiger charge is -2.40. The van der Waals surface area contributed by atoms with Crippen LogP contribution in [0.25, 0.3) is 0 Å². The SMILES string of the molecule is CCCCCCCCCC/C=C\CC/C=C/[C@H](O)[C@@H](CO[C@@H]1O[C@H](CO)[C@@H](O)[C@H](O)[C@H]1O)NC(=O)[C@@H](O)CCCCCCCCCCCCCCC. The van der Waals surface area contributed by atoms with Crippen LogP contribution in [0.15, 0.2) is 24.3 Å². The van der Waals surface area contributed by atoms with Gasteiger partial charge in [-0.1, -0.05) is 167 Å². The first kappa shape index (κ1) is 48.6. The number of hydrogen-bond donors (Lipinski definition) is 7. The number of hydrogen-bond acceptors (Lipinski definition) is 9. The number of allylic oxidation sites excluding steroid dienone is 3. The third-order valence-electron chi connectivity index (χ3n) is 10.1. The van der Waals surface area contributed by atoms with Gasteiger partial charge >= 0.3 is 0 Å². The maximum absolute atomic E-state index is 13.0. The minimum atomic E-state index is -1.61. The van der Waals surface area contributed by atoms with Gasteiger partial charge in [0.1, 0.15) is 30.5 Å². The molecule has 306 valence electrons. The first-order valence-corrected chi connectivity index (χ1v) is 21.2. The molecule has 7 N–H and O–H groups in total. The fourth-order valence-electron chi connectivity index (χ4n) is 6.59. The van der Waals surface area contributed by atoms with Crippen molar-refractivity contribution in [3.63, 3.8) is 0 Å². The van der Waals surface area contributed by atoms with Crippen LogP contribution in [-0.2, 0) is 14.3 Å². The lowest BCUT2D eigenvalue weighted by molar-refractivity contribution is -0.302. The Balaban J connectivity index is 2.51. The molecule has 52 heavy (non-hydrogen) atoms. The van der Waals surface area contributed by atoms with E-state index in [0.29, 0.717) is 19.3 Å². The van der Waals surface area contributed by atoms with Crippen LogP contribution in [0.3, 0.4) is 0 Å². The van der Waals surface area contributed by atoms with E-state index < -0.39 is 61.5 Å². The molecule has 1 rings (SSSR count). The van der Waals surface area contributed by atoms with Crippen LogP contribution in [0.5, 0.6) is 0 Å². The molecule has 0 unspecified atom stereocenters. The van der Waals surface area contributed by atoms with Gasteiger partial charge in [0, 0.05) is 0 Å². The molecule has 0 aromatic heterocycles. The summed E-state index contributed by atoms with van der Waals surface area (Å²) >= 11 is 0. The Kier molecular flexibility index (Phi) is 30.9. The van der Waals surface area contributed by atoms with Crippen molar-refractivity contribution in [1.82, 2.24) is 5.32 Å². The predicted octanol–water partition coefficient (Wildman–Crippen LogP) is 6.91. The summed E-state index contributed by atoms with van der Waals surface area (Å²) in [6.45, 7) is 3.56. The van der Waals surface area contributed by atoms with Gasteiger partial charge in [0.25, 0.3) is 0 Å². The highest BCUT2D eigenvalue weighted by Crippen LogP contribution is 2.22. The standard InChI is InChI=1S/C42H79NO9/c1-3-5-7-9-11-13-15-17-19-20-22-24-26-28-30-35(45)34(33-51-42-40(49)39(48)38(47)37(32-44)52-42)43-41(50)36(46)31-29-27-25-23-21-18-16-14-12-10-8-6-4-2/h20,22,28,30,34-40,42,44-49H,3-19,21,23-27,29,31-33H2,1-2H3,(H,43,50)/b22-20-,30-28+/t34-,35+,36+,37-,38-,39+,40-,42-/m1/s1. The van der Waals surface area contributed by atoms with Crippen LogP contribution in [0.2, 0.25) is 0 Å². The van der Waals surface area contributed by atoms with Gasteiger partial charge in [0.2, 0.25) is 5.91 Å². The highest BCUT2D eigenvalue weighted by Gasteiger charge is 2.44. The second-order valence-corrected chi connectivity index (χ2v) is 14.9. The van der Waals surface area contributed by atoms with E-state index >= 15 is 0 Å². The number of amides is 1. The third kappa shape index (κ3) is 23.4. The van der Waals surface area contributed by atoms with Crippen LogP contribution in [0.4, 0.5) is 0 Å². The summed E-state index contributed by atoms with van der Waals surface area (Å²) in [7, 11) is 0. The number of carbonyl (C=O) groups is 1. The maximum Gasteiger partial charge on any atom is 0.249 e. The molecule has 0 radical (unpaired) electrons. The van der Waals surface area contributed by atoms with Crippen LogP contribution in [0, 0.1) is 0 Å². The quantitative estimate of drug-likeness (QED) is 0.0274. The highest BCUT2D eigenvalue weighted by molar-refractivity contribution is 5.80. The van der Waals surface area contributed by atoms with Crippen LogP contribution < -0.4 is 5.32 Å². The molecule has 0 aromatic carbocycles. The predicted molar refractivity (Wildman–Crippen MR) is 209 cm³/mol. The molecular formula is C42H79NO9. The Morgan fingerprint density at radius 1 is 0.654 bits per heavy atom. The van der Waals surface area contributed by atoms with Crippen molar-refractivity contribution in [1.29, 1.82) is 0 Å². The van der Waals surface area contributed by atoms with Crippen molar-refractivity contribution in [2.75, 3.05) is 13.2 Å². The van der Waals surface area contributed by atoms with Crippen molar-refractivity contribution in [3.05, 3.63) is 24.3 Å². The van der Waals surface area contributed by atoms with E-state index in [1.165, 1.54) is 109 Å². The summed E-state index contributed by atoms with van der Waals surface area (Å²) in [5.41, 5.74) is 0. The number of unbranched alkanes of at least 4 members (excludes halogenated alkanes) is 21. The molecule has 1 saturated heterocycles. The first-order valence-electron chi connectivity index (χ1n) is 21.2. The van der Waals surface area contributed by atoms with E-state index in [1.54, 1.807) is 6.08 Å². The Labute approximate surface area is 316 Å². The first-order chi connectivity index (χ1) is 25.3. The molecule has 0 aromatic rings. The van der Waals surface area contributed by atoms with E-state index in [0.717, 1.165) is 32.1 Å². The summed E-state index contributed by atoms with van der Waals surface area (Å²) in [5, 5.41) is 64.4. The molecule has 0 saturated carbocycles. The van der Waals surface area contributed by atoms with Crippen molar-refractivity contribution < 1.29 is 44.9 Å². The molecule has 10 heteroatoms. The average Bonchev–Trinajstić information content (AvgIpc) is 3.14. The normalized spacial score (nSPS) is 22.7. The zero-order chi connectivity index (χ0) is 38.2. The fraction of sp³-hybridized carbons (Fsp3) is 0.881. The number of carbonyl (C=O) groups excluding carboxylic acids is 1. The van der Waals surface area contributed by atoms with Crippen molar-refractivity contribution >= 4 is 5.91 Å². The molecule has 1 fully saturated rings. The molecule has 10 nitrogen and oxygen atoms in total. The van der Waals surface area contributed by atoms with Gasteiger partial charge in [-0.15, -0.1) is 0 Å². The van der Waals surface area contributed by atoms with Crippen molar-refractivity contribution in [3.8, 4) is 0 Å². The Bertz CT molecular complexity index is 886. The molecule has 0 bridgehead atoms. The number of ether oxygens (including phenoxy) is 2. The number of aliphatic hydroxyl groups excluding tert-OH is 6. The van der Waals surface area contributed by atoms with Crippen LogP contribution >= 0.6 is 0 Å². The minimum Gasteiger partial charge on any atom is -0.394 e. The lowest BCUT2D eigenvalue weighted by atomic mass is 9.99. The van der Waals surface area contributed by atoms with Gasteiger partial charge in [-0.25, -0.2) is 0 Å². The molecule has 1 heterocycles. The van der Waals surface area contributed by atoms with Crippen molar-refractivity contribution in [2.45, 2.75) is 223 Å². The van der Waals surface area contributed by atoms with E-state index in [4.69, 9.17) is 9.47 Å². The van der Waals surface area contributed by atoms with Gasteiger partial charge in [0.05, 0.1) is 25.4 Å². The van der Waals surface area contributed by atoms with Gasteiger partial charge in [-0.3, -0.25) is 4.79 Å². The van der Waals surface area contributed by atoms with E-state index in [2.05, 4.69) is 31.3 Å². The summed E-state index contributed by atoms with van der Waals surface area (Å²) in [5.74, 6) is -0.627. The van der Waals surface area contributed by atoms with E-state index in [1.807, 2.05) is 6.08 Å². The molecule has 1 aliphatic heterocycles. The van der Waals surface area contributed by atoms with Gasteiger partial charge in [-0.2, -0.15) is 0 Å². The van der Waals surface area contributed by atoms with Crippen molar-refractivity contribution in [2.24, 2.45) is 0 Å². The van der Waals surface area contributed by atoms with Gasteiger partial charge in [-0.05, 0) is 32.1 Å². The summed E-state index contributed by atoms with van der Waals surface area (Å²) in [4.78, 5) is 13.0. The zero-order valence-electron chi connectivity index (χ0n) is 32.9. The molecule has 8 atom stereocenters. The van der Waals surface area contributed by atoms with Crippen LogP contribution in [-0.4, -0.2) is 98.7 Å². The largest absolute Gasteiger partial charge is 0.394 e. The molecule has 1 aliphatic rings. The van der Waals surface area contributed by atoms with Crippen LogP contribution in [0.1, 0.15) is 174 Å². The average molecular weight is 742 g/mol. The minimum absolute atomic E-state index is 0.307. The smallest absolute Gasteiger partial charge is 0.249 e. The van der Waals surface area contributed by atoms with Gasteiger partial charge < -0.3 is 45.4 Å². The third-order valence-corrected chi connectivity index (χ3v) is 10.1. The van der Waals surface area contributed by atoms with Gasteiger partial charge in [0.15, 0.2) is 6.29 Å². The molecule has 1 amide bonds. The summed E-state index contributed by atoms with van der Waals surface area (Å²) in [6.07, 6.45) is 26.9. The number of rotatable bonds is 34. The zero-order valence-corrected chi connectivity index (χ0v) is 32.9. The lowest BCUT2D eigenvalue weighted by Crippen LogP contribution is -2.60. The maximum atomic E-state index is 13.0. The fourth-order valence-corrected chi connectivity index (χ4v) is 6.59. The molecule has 0 aliphatic carbocycles. The number of nitrogens with one attached hydrogen (secondary N) is 1. The van der Waals surface area contributed by atoms with E-state index in [9.17, 15) is 35.4 Å². The second kappa shape index (κ2) is 33.0. The molecule has 0 spiro atoms. The monoisotopic (exact) mass is 742 g/mol. The summed E-state index contributed by atoms with van der Waals surface area (Å²) < 4.78 is 11.1. The highest BCUT2D eigenvalue weighted by atomic mass is 16.7. The Morgan fingerprint density at radius 2 is 1.13 bits per heavy atom.